The van der Waals surface area contributed by atoms with Gasteiger partial charge in [0.25, 0.3) is 0 Å². The van der Waals surface area contributed by atoms with Gasteiger partial charge in [-0.3, -0.25) is 4.79 Å². The van der Waals surface area contributed by atoms with Gasteiger partial charge >= 0.3 is 0 Å². The molecule has 4 nitrogen and oxygen atoms in total. The Kier molecular flexibility index (Phi) is 4.18. The van der Waals surface area contributed by atoms with Gasteiger partial charge in [-0.15, -0.1) is 0 Å². The molecule has 92 valence electrons. The molecule has 2 heterocycles. The van der Waals surface area contributed by atoms with E-state index in [1.807, 2.05) is 0 Å². The highest BCUT2D eigenvalue weighted by atomic mass is 16.5. The zero-order chi connectivity index (χ0) is 11.4. The first-order chi connectivity index (χ1) is 7.75. The number of rotatable bonds is 2. The number of piperidine rings is 1. The van der Waals surface area contributed by atoms with Crippen molar-refractivity contribution < 1.29 is 9.53 Å². The summed E-state index contributed by atoms with van der Waals surface area (Å²) in [5.74, 6) is 0.458. The first kappa shape index (κ1) is 11.9. The standard InChI is InChI=1S/C12H22N2O2/c1-9-8-10(2-5-13-9)12(15)14-11-3-6-16-7-4-11/h9-11,13H,2-8H2,1H3,(H,14,15). The maximum absolute atomic E-state index is 12.0. The molecule has 0 aromatic rings. The number of nitrogens with one attached hydrogen (secondary N) is 2. The molecule has 16 heavy (non-hydrogen) atoms. The van der Waals surface area contributed by atoms with Crippen LogP contribution in [0.15, 0.2) is 0 Å². The van der Waals surface area contributed by atoms with Gasteiger partial charge in [-0.25, -0.2) is 0 Å². The third-order valence-corrected chi connectivity index (χ3v) is 3.56. The SMILES string of the molecule is CC1CC(C(=O)NC2CCOCC2)CCN1. The molecule has 1 amide bonds. The molecule has 2 aliphatic rings. The fourth-order valence-electron chi connectivity index (χ4n) is 2.53. The van der Waals surface area contributed by atoms with Gasteiger partial charge in [-0.1, -0.05) is 0 Å². The lowest BCUT2D eigenvalue weighted by molar-refractivity contribution is -0.127. The second kappa shape index (κ2) is 5.64. The number of amides is 1. The Labute approximate surface area is 97.1 Å². The molecule has 2 unspecified atom stereocenters. The van der Waals surface area contributed by atoms with Crippen LogP contribution in [0.3, 0.4) is 0 Å². The molecule has 0 radical (unpaired) electrons. The Morgan fingerprint density at radius 1 is 1.31 bits per heavy atom. The summed E-state index contributed by atoms with van der Waals surface area (Å²) in [6, 6.07) is 0.811. The molecule has 2 rings (SSSR count). The fourth-order valence-corrected chi connectivity index (χ4v) is 2.53. The molecule has 0 spiro atoms. The first-order valence-electron chi connectivity index (χ1n) is 6.37. The van der Waals surface area contributed by atoms with E-state index in [0.717, 1.165) is 45.4 Å². The van der Waals surface area contributed by atoms with Crippen LogP contribution in [0.1, 0.15) is 32.6 Å². The predicted octanol–water partition coefficient (Wildman–Crippen LogP) is 0.670. The van der Waals surface area contributed by atoms with Crippen molar-refractivity contribution in [3.05, 3.63) is 0 Å². The minimum atomic E-state index is 0.207. The maximum Gasteiger partial charge on any atom is 0.223 e. The van der Waals surface area contributed by atoms with Gasteiger partial charge in [-0.05, 0) is 39.2 Å². The van der Waals surface area contributed by atoms with Crippen molar-refractivity contribution in [3.63, 3.8) is 0 Å². The lowest BCUT2D eigenvalue weighted by Gasteiger charge is -2.30. The molecule has 0 aromatic heterocycles. The van der Waals surface area contributed by atoms with Crippen LogP contribution in [0.25, 0.3) is 0 Å². The highest BCUT2D eigenvalue weighted by Crippen LogP contribution is 2.17. The van der Waals surface area contributed by atoms with Crippen LogP contribution in [0.4, 0.5) is 0 Å². The van der Waals surface area contributed by atoms with Crippen molar-refractivity contribution in [1.82, 2.24) is 10.6 Å². The van der Waals surface area contributed by atoms with E-state index in [-0.39, 0.29) is 11.8 Å². The molecule has 0 aromatic carbocycles. The van der Waals surface area contributed by atoms with Gasteiger partial charge in [0, 0.05) is 31.2 Å². The van der Waals surface area contributed by atoms with Crippen molar-refractivity contribution in [3.8, 4) is 0 Å². The summed E-state index contributed by atoms with van der Waals surface area (Å²) < 4.78 is 5.28. The van der Waals surface area contributed by atoms with E-state index in [4.69, 9.17) is 4.74 Å². The number of ether oxygens (including phenoxy) is 1. The van der Waals surface area contributed by atoms with Gasteiger partial charge < -0.3 is 15.4 Å². The number of hydrogen-bond donors (Lipinski definition) is 2. The Balaban J connectivity index is 1.77. The normalized spacial score (nSPS) is 32.3. The molecular weight excluding hydrogens is 204 g/mol. The topological polar surface area (TPSA) is 50.4 Å². The first-order valence-corrected chi connectivity index (χ1v) is 6.37. The molecular formula is C12H22N2O2. The zero-order valence-electron chi connectivity index (χ0n) is 10.00. The van der Waals surface area contributed by atoms with Crippen LogP contribution in [-0.2, 0) is 9.53 Å². The summed E-state index contributed by atoms with van der Waals surface area (Å²) in [5.41, 5.74) is 0. The quantitative estimate of drug-likeness (QED) is 0.727. The van der Waals surface area contributed by atoms with Gasteiger partial charge in [0.1, 0.15) is 0 Å². The predicted molar refractivity (Wildman–Crippen MR) is 62.2 cm³/mol. The smallest absolute Gasteiger partial charge is 0.223 e. The average Bonchev–Trinajstić information content (AvgIpc) is 2.30. The maximum atomic E-state index is 12.0. The van der Waals surface area contributed by atoms with Crippen molar-refractivity contribution in [2.45, 2.75) is 44.7 Å². The zero-order valence-corrected chi connectivity index (χ0v) is 10.00. The molecule has 0 aliphatic carbocycles. The van der Waals surface area contributed by atoms with Crippen LogP contribution in [-0.4, -0.2) is 37.7 Å². The molecule has 0 bridgehead atoms. The van der Waals surface area contributed by atoms with E-state index in [1.54, 1.807) is 0 Å². The minimum absolute atomic E-state index is 0.207. The molecule has 0 saturated carbocycles. The van der Waals surface area contributed by atoms with E-state index in [1.165, 1.54) is 0 Å². The van der Waals surface area contributed by atoms with Crippen LogP contribution < -0.4 is 10.6 Å². The van der Waals surface area contributed by atoms with Crippen LogP contribution in [0, 0.1) is 5.92 Å². The molecule has 2 aliphatic heterocycles. The van der Waals surface area contributed by atoms with Crippen molar-refractivity contribution >= 4 is 5.91 Å². The highest BCUT2D eigenvalue weighted by molar-refractivity contribution is 5.79. The molecule has 4 heteroatoms. The minimum Gasteiger partial charge on any atom is -0.381 e. The van der Waals surface area contributed by atoms with Crippen LogP contribution in [0.5, 0.6) is 0 Å². The second-order valence-electron chi connectivity index (χ2n) is 4.97. The van der Waals surface area contributed by atoms with Crippen molar-refractivity contribution in [2.24, 2.45) is 5.92 Å². The fraction of sp³-hybridized carbons (Fsp3) is 0.917. The Hall–Kier alpha value is -0.610. The second-order valence-corrected chi connectivity index (χ2v) is 4.97. The monoisotopic (exact) mass is 226 g/mol. The van der Waals surface area contributed by atoms with Crippen LogP contribution in [0.2, 0.25) is 0 Å². The van der Waals surface area contributed by atoms with Gasteiger partial charge in [-0.2, -0.15) is 0 Å². The van der Waals surface area contributed by atoms with Crippen molar-refractivity contribution in [1.29, 1.82) is 0 Å². The Morgan fingerprint density at radius 2 is 2.06 bits per heavy atom. The molecule has 2 atom stereocenters. The lowest BCUT2D eigenvalue weighted by Crippen LogP contribution is -2.46. The Bertz CT molecular complexity index is 239. The number of carbonyl (C=O) groups excluding carboxylic acids is 1. The summed E-state index contributed by atoms with van der Waals surface area (Å²) >= 11 is 0. The third kappa shape index (κ3) is 3.19. The van der Waals surface area contributed by atoms with Gasteiger partial charge in [0.15, 0.2) is 0 Å². The third-order valence-electron chi connectivity index (χ3n) is 3.56. The van der Waals surface area contributed by atoms with E-state index in [9.17, 15) is 4.79 Å². The Morgan fingerprint density at radius 3 is 2.75 bits per heavy atom. The molecule has 2 fully saturated rings. The van der Waals surface area contributed by atoms with Gasteiger partial charge in [0.05, 0.1) is 0 Å². The van der Waals surface area contributed by atoms with E-state index in [0.29, 0.717) is 12.1 Å². The van der Waals surface area contributed by atoms with Crippen molar-refractivity contribution in [2.75, 3.05) is 19.8 Å². The lowest BCUT2D eigenvalue weighted by atomic mass is 9.92. The molecule has 2 saturated heterocycles. The largest absolute Gasteiger partial charge is 0.381 e. The van der Waals surface area contributed by atoms with E-state index in [2.05, 4.69) is 17.6 Å². The highest BCUT2D eigenvalue weighted by Gasteiger charge is 2.26. The summed E-state index contributed by atoms with van der Waals surface area (Å²) in [7, 11) is 0. The summed E-state index contributed by atoms with van der Waals surface area (Å²) in [6.07, 6.45) is 3.87. The average molecular weight is 226 g/mol. The number of hydrogen-bond acceptors (Lipinski definition) is 3. The van der Waals surface area contributed by atoms with Gasteiger partial charge in [0.2, 0.25) is 5.91 Å². The number of carbonyl (C=O) groups is 1. The van der Waals surface area contributed by atoms with E-state index >= 15 is 0 Å². The summed E-state index contributed by atoms with van der Waals surface area (Å²) in [6.45, 7) is 4.68. The molecule has 2 N–H and O–H groups in total. The van der Waals surface area contributed by atoms with Crippen LogP contribution >= 0.6 is 0 Å². The van der Waals surface area contributed by atoms with E-state index < -0.39 is 0 Å². The summed E-state index contributed by atoms with van der Waals surface area (Å²) in [4.78, 5) is 12.0. The summed E-state index contributed by atoms with van der Waals surface area (Å²) in [5, 5.41) is 6.53.